The maximum absolute atomic E-state index is 9.78. The van der Waals surface area contributed by atoms with E-state index in [2.05, 4.69) is 22.0 Å². The van der Waals surface area contributed by atoms with Gasteiger partial charge in [0.15, 0.2) is 0 Å². The first-order valence-electron chi connectivity index (χ1n) is 6.19. The number of rotatable bonds is 2. The summed E-state index contributed by atoms with van der Waals surface area (Å²) >= 11 is 3.38. The van der Waals surface area contributed by atoms with Crippen LogP contribution >= 0.6 is 15.9 Å². The Kier molecular flexibility index (Phi) is 4.26. The predicted molar refractivity (Wildman–Crippen MR) is 85.2 cm³/mol. The number of benzene rings is 2. The first-order chi connectivity index (χ1) is 9.51. The SMILES string of the molecule is Cc1cc(/C=C(/C#N)c2ccc(Br)cc2)cc(C)c1O. The van der Waals surface area contributed by atoms with Gasteiger partial charge in [-0.3, -0.25) is 0 Å². The number of halogens is 1. The van der Waals surface area contributed by atoms with Crippen LogP contribution in [0.25, 0.3) is 11.6 Å². The molecule has 0 fully saturated rings. The third kappa shape index (κ3) is 3.09. The van der Waals surface area contributed by atoms with E-state index in [0.717, 1.165) is 26.7 Å². The first kappa shape index (κ1) is 14.4. The summed E-state index contributed by atoms with van der Waals surface area (Å²) in [7, 11) is 0. The lowest BCUT2D eigenvalue weighted by molar-refractivity contribution is 0.467. The second-order valence-corrected chi connectivity index (χ2v) is 5.60. The minimum Gasteiger partial charge on any atom is -0.507 e. The molecule has 0 saturated carbocycles. The molecule has 20 heavy (non-hydrogen) atoms. The Morgan fingerprint density at radius 3 is 2.20 bits per heavy atom. The van der Waals surface area contributed by atoms with Crippen LogP contribution in [-0.4, -0.2) is 5.11 Å². The topological polar surface area (TPSA) is 44.0 Å². The number of nitriles is 1. The van der Waals surface area contributed by atoms with Crippen LogP contribution in [0.15, 0.2) is 40.9 Å². The highest BCUT2D eigenvalue weighted by Gasteiger charge is 2.05. The average Bonchev–Trinajstić information content (AvgIpc) is 2.43. The monoisotopic (exact) mass is 327 g/mol. The molecule has 3 heteroatoms. The van der Waals surface area contributed by atoms with Crippen molar-refractivity contribution < 1.29 is 5.11 Å². The Morgan fingerprint density at radius 1 is 1.15 bits per heavy atom. The summed E-state index contributed by atoms with van der Waals surface area (Å²) in [5, 5.41) is 19.1. The molecular weight excluding hydrogens is 314 g/mol. The van der Waals surface area contributed by atoms with Crippen LogP contribution < -0.4 is 0 Å². The zero-order valence-electron chi connectivity index (χ0n) is 11.3. The van der Waals surface area contributed by atoms with Crippen LogP contribution in [0, 0.1) is 25.2 Å². The van der Waals surface area contributed by atoms with Crippen molar-refractivity contribution in [2.24, 2.45) is 0 Å². The Morgan fingerprint density at radius 2 is 1.70 bits per heavy atom. The third-order valence-corrected chi connectivity index (χ3v) is 3.63. The number of nitrogens with zero attached hydrogens (tertiary/aromatic N) is 1. The summed E-state index contributed by atoms with van der Waals surface area (Å²) in [5.41, 5.74) is 4.01. The molecule has 0 atom stereocenters. The van der Waals surface area contributed by atoms with E-state index >= 15 is 0 Å². The lowest BCUT2D eigenvalue weighted by atomic mass is 10.0. The van der Waals surface area contributed by atoms with E-state index in [1.54, 1.807) is 0 Å². The van der Waals surface area contributed by atoms with Crippen molar-refractivity contribution in [3.8, 4) is 11.8 Å². The van der Waals surface area contributed by atoms with Crippen molar-refractivity contribution >= 4 is 27.6 Å². The second kappa shape index (κ2) is 5.94. The van der Waals surface area contributed by atoms with Crippen molar-refractivity contribution in [3.63, 3.8) is 0 Å². The Labute approximate surface area is 127 Å². The maximum Gasteiger partial charge on any atom is 0.121 e. The van der Waals surface area contributed by atoms with E-state index in [1.165, 1.54) is 0 Å². The van der Waals surface area contributed by atoms with Gasteiger partial charge in [-0.05, 0) is 66.4 Å². The molecule has 2 aromatic rings. The maximum atomic E-state index is 9.78. The number of hydrogen-bond acceptors (Lipinski definition) is 2. The quantitative estimate of drug-likeness (QED) is 0.633. The predicted octanol–water partition coefficient (Wildman–Crippen LogP) is 4.84. The van der Waals surface area contributed by atoms with Gasteiger partial charge in [0.1, 0.15) is 5.75 Å². The van der Waals surface area contributed by atoms with Crippen molar-refractivity contribution in [1.29, 1.82) is 5.26 Å². The smallest absolute Gasteiger partial charge is 0.121 e. The van der Waals surface area contributed by atoms with Gasteiger partial charge in [0.2, 0.25) is 0 Å². The second-order valence-electron chi connectivity index (χ2n) is 4.68. The van der Waals surface area contributed by atoms with E-state index in [4.69, 9.17) is 0 Å². The molecular formula is C17H14BrNO. The van der Waals surface area contributed by atoms with Crippen molar-refractivity contribution in [2.75, 3.05) is 0 Å². The van der Waals surface area contributed by atoms with E-state index in [9.17, 15) is 10.4 Å². The van der Waals surface area contributed by atoms with E-state index in [0.29, 0.717) is 11.3 Å². The fourth-order valence-corrected chi connectivity index (χ4v) is 2.31. The number of hydrogen-bond donors (Lipinski definition) is 1. The minimum atomic E-state index is 0.310. The van der Waals surface area contributed by atoms with Crippen molar-refractivity contribution in [2.45, 2.75) is 13.8 Å². The molecule has 2 nitrogen and oxygen atoms in total. The molecule has 0 aromatic heterocycles. The molecule has 0 amide bonds. The highest BCUT2D eigenvalue weighted by atomic mass is 79.9. The van der Waals surface area contributed by atoms with Crippen LogP contribution in [0.2, 0.25) is 0 Å². The van der Waals surface area contributed by atoms with Crippen LogP contribution in [-0.2, 0) is 0 Å². The average molecular weight is 328 g/mol. The van der Waals surface area contributed by atoms with Gasteiger partial charge in [0.05, 0.1) is 11.6 Å². The van der Waals surface area contributed by atoms with Crippen molar-refractivity contribution in [1.82, 2.24) is 0 Å². The van der Waals surface area contributed by atoms with Gasteiger partial charge < -0.3 is 5.11 Å². The number of aryl methyl sites for hydroxylation is 2. The Balaban J connectivity index is 2.47. The van der Waals surface area contributed by atoms with Gasteiger partial charge in [0, 0.05) is 4.47 Å². The fraction of sp³-hybridized carbons (Fsp3) is 0.118. The van der Waals surface area contributed by atoms with Crippen LogP contribution in [0.1, 0.15) is 22.3 Å². The lowest BCUT2D eigenvalue weighted by Crippen LogP contribution is -1.86. The highest BCUT2D eigenvalue weighted by molar-refractivity contribution is 9.10. The van der Waals surface area contributed by atoms with E-state index < -0.39 is 0 Å². The number of allylic oxidation sites excluding steroid dienone is 1. The molecule has 0 aliphatic rings. The molecule has 1 N–H and O–H groups in total. The summed E-state index contributed by atoms with van der Waals surface area (Å²) in [6, 6.07) is 13.6. The molecule has 0 heterocycles. The van der Waals surface area contributed by atoms with Gasteiger partial charge in [0.25, 0.3) is 0 Å². The van der Waals surface area contributed by atoms with Crippen LogP contribution in [0.4, 0.5) is 0 Å². The normalized spacial score (nSPS) is 11.2. The molecule has 0 unspecified atom stereocenters. The van der Waals surface area contributed by atoms with Gasteiger partial charge in [-0.15, -0.1) is 0 Å². The lowest BCUT2D eigenvalue weighted by Gasteiger charge is -2.06. The zero-order valence-corrected chi connectivity index (χ0v) is 12.9. The van der Waals surface area contributed by atoms with Crippen LogP contribution in [0.3, 0.4) is 0 Å². The molecule has 0 spiro atoms. The summed E-state index contributed by atoms with van der Waals surface area (Å²) < 4.78 is 0.981. The fourth-order valence-electron chi connectivity index (χ4n) is 2.05. The summed E-state index contributed by atoms with van der Waals surface area (Å²) in [6.45, 7) is 3.71. The molecule has 100 valence electrons. The first-order valence-corrected chi connectivity index (χ1v) is 6.98. The standard InChI is InChI=1S/C17H14BrNO/c1-11-7-13(8-12(2)17(11)20)9-15(10-19)14-3-5-16(18)6-4-14/h3-9,20H,1-2H3/b15-9-. The van der Waals surface area contributed by atoms with Gasteiger partial charge >= 0.3 is 0 Å². The van der Waals surface area contributed by atoms with E-state index in [-0.39, 0.29) is 0 Å². The zero-order chi connectivity index (χ0) is 14.7. The summed E-state index contributed by atoms with van der Waals surface area (Å²) in [5.74, 6) is 0.310. The van der Waals surface area contributed by atoms with Crippen molar-refractivity contribution in [3.05, 3.63) is 63.1 Å². The Hall–Kier alpha value is -2.05. The van der Waals surface area contributed by atoms with Crippen LogP contribution in [0.5, 0.6) is 5.75 Å². The molecule has 0 bridgehead atoms. The largest absolute Gasteiger partial charge is 0.507 e. The Bertz CT molecular complexity index is 686. The molecule has 0 aliphatic heterocycles. The molecule has 0 aliphatic carbocycles. The number of phenols is 1. The number of phenolic OH excluding ortho intramolecular Hbond substituents is 1. The molecule has 2 rings (SSSR count). The highest BCUT2D eigenvalue weighted by Crippen LogP contribution is 2.26. The van der Waals surface area contributed by atoms with Gasteiger partial charge in [-0.1, -0.05) is 28.1 Å². The number of aromatic hydroxyl groups is 1. The van der Waals surface area contributed by atoms with Gasteiger partial charge in [-0.25, -0.2) is 0 Å². The summed E-state index contributed by atoms with van der Waals surface area (Å²) in [4.78, 5) is 0. The van der Waals surface area contributed by atoms with E-state index in [1.807, 2.05) is 56.3 Å². The minimum absolute atomic E-state index is 0.310. The molecule has 0 radical (unpaired) electrons. The molecule has 0 saturated heterocycles. The third-order valence-electron chi connectivity index (χ3n) is 3.10. The molecule has 2 aromatic carbocycles. The summed E-state index contributed by atoms with van der Waals surface area (Å²) in [6.07, 6.45) is 1.84. The van der Waals surface area contributed by atoms with Gasteiger partial charge in [-0.2, -0.15) is 5.26 Å².